The minimum absolute atomic E-state index is 0.0290. The average molecular weight is 473 g/mol. The van der Waals surface area contributed by atoms with Gasteiger partial charge >= 0.3 is 5.97 Å². The molecule has 0 atom stereocenters. The number of amides is 1. The number of hydrogen-bond acceptors (Lipinski definition) is 5. The second-order valence-electron chi connectivity index (χ2n) is 8.47. The predicted molar refractivity (Wildman–Crippen MR) is 128 cm³/mol. The van der Waals surface area contributed by atoms with Crippen LogP contribution in [0.15, 0.2) is 48.5 Å². The first-order valence-electron chi connectivity index (χ1n) is 11.4. The summed E-state index contributed by atoms with van der Waals surface area (Å²) in [6.07, 6.45) is 2.73. The van der Waals surface area contributed by atoms with E-state index in [9.17, 15) is 18.0 Å². The topological polar surface area (TPSA) is 92.8 Å². The summed E-state index contributed by atoms with van der Waals surface area (Å²) in [7, 11) is -3.42. The van der Waals surface area contributed by atoms with E-state index in [4.69, 9.17) is 4.74 Å². The molecule has 1 aliphatic rings. The van der Waals surface area contributed by atoms with Crippen molar-refractivity contribution in [3.05, 3.63) is 65.2 Å². The molecule has 0 saturated carbocycles. The molecule has 0 aromatic heterocycles. The van der Waals surface area contributed by atoms with Crippen molar-refractivity contribution in [3.63, 3.8) is 0 Å². The number of nitrogens with one attached hydrogen (secondary N) is 1. The van der Waals surface area contributed by atoms with Crippen molar-refractivity contribution in [2.45, 2.75) is 45.3 Å². The Kier molecular flexibility index (Phi) is 8.63. The largest absolute Gasteiger partial charge is 0.462 e. The van der Waals surface area contributed by atoms with Gasteiger partial charge in [-0.2, -0.15) is 0 Å². The number of ether oxygens (including phenoxy) is 1. The van der Waals surface area contributed by atoms with Crippen LogP contribution in [0.2, 0.25) is 0 Å². The van der Waals surface area contributed by atoms with Crippen molar-refractivity contribution < 1.29 is 22.7 Å². The highest BCUT2D eigenvalue weighted by Gasteiger charge is 2.31. The molecule has 8 heteroatoms. The molecule has 1 aliphatic heterocycles. The zero-order valence-corrected chi connectivity index (χ0v) is 20.1. The van der Waals surface area contributed by atoms with Crippen LogP contribution in [0.5, 0.6) is 0 Å². The van der Waals surface area contributed by atoms with E-state index < -0.39 is 10.0 Å². The Hall–Kier alpha value is -2.71. The van der Waals surface area contributed by atoms with Gasteiger partial charge in [0, 0.05) is 24.7 Å². The van der Waals surface area contributed by atoms with Crippen LogP contribution in [0.4, 0.5) is 5.69 Å². The summed E-state index contributed by atoms with van der Waals surface area (Å²) < 4.78 is 32.3. The summed E-state index contributed by atoms with van der Waals surface area (Å²) in [5.41, 5.74) is 2.84. The minimum Gasteiger partial charge on any atom is -0.462 e. The minimum atomic E-state index is -3.42. The Morgan fingerprint density at radius 3 is 2.42 bits per heavy atom. The Balaban J connectivity index is 1.49. The quantitative estimate of drug-likeness (QED) is 0.438. The van der Waals surface area contributed by atoms with Gasteiger partial charge in [0.1, 0.15) is 0 Å². The van der Waals surface area contributed by atoms with Gasteiger partial charge in [0.25, 0.3) is 0 Å². The molecular weight excluding hydrogens is 440 g/mol. The van der Waals surface area contributed by atoms with Crippen molar-refractivity contribution in [1.82, 2.24) is 4.31 Å². The van der Waals surface area contributed by atoms with Gasteiger partial charge in [-0.15, -0.1) is 0 Å². The van der Waals surface area contributed by atoms with Crippen LogP contribution in [-0.4, -0.2) is 44.3 Å². The number of sulfonamides is 1. The van der Waals surface area contributed by atoms with Crippen molar-refractivity contribution >= 4 is 27.6 Å². The smallest absolute Gasteiger partial charge is 0.338 e. The molecule has 0 bridgehead atoms. The van der Waals surface area contributed by atoms with Crippen LogP contribution >= 0.6 is 0 Å². The number of aryl methyl sites for hydroxylation is 1. The maximum absolute atomic E-state index is 12.8. The predicted octanol–water partition coefficient (Wildman–Crippen LogP) is 4.13. The van der Waals surface area contributed by atoms with Crippen LogP contribution in [-0.2, 0) is 25.3 Å². The molecule has 3 rings (SSSR count). The summed E-state index contributed by atoms with van der Waals surface area (Å²) in [6.45, 7) is 5.02. The number of esters is 1. The van der Waals surface area contributed by atoms with E-state index in [1.54, 1.807) is 24.3 Å². The van der Waals surface area contributed by atoms with E-state index in [2.05, 4.69) is 5.32 Å². The van der Waals surface area contributed by atoms with Gasteiger partial charge in [0.15, 0.2) is 0 Å². The molecule has 1 saturated heterocycles. The SMILES string of the molecule is CCCCOC(=O)c1ccc(NC(=O)C2CCN(S(=O)(=O)Cc3cccc(C)c3)CC2)cc1. The lowest BCUT2D eigenvalue weighted by Crippen LogP contribution is -2.41. The lowest BCUT2D eigenvalue weighted by molar-refractivity contribution is -0.120. The van der Waals surface area contributed by atoms with Crippen LogP contribution in [0, 0.1) is 12.8 Å². The fraction of sp³-hybridized carbons (Fsp3) is 0.440. The molecule has 1 fully saturated rings. The van der Waals surface area contributed by atoms with Crippen LogP contribution in [0.1, 0.15) is 54.1 Å². The maximum Gasteiger partial charge on any atom is 0.338 e. The van der Waals surface area contributed by atoms with E-state index in [-0.39, 0.29) is 23.5 Å². The first-order chi connectivity index (χ1) is 15.8. The van der Waals surface area contributed by atoms with Crippen molar-refractivity contribution in [2.24, 2.45) is 5.92 Å². The van der Waals surface area contributed by atoms with Crippen LogP contribution < -0.4 is 5.32 Å². The van der Waals surface area contributed by atoms with Gasteiger partial charge in [-0.1, -0.05) is 43.2 Å². The number of benzene rings is 2. The normalized spacial score (nSPS) is 15.2. The molecule has 2 aromatic carbocycles. The Bertz CT molecular complexity index is 1060. The third-order valence-corrected chi connectivity index (χ3v) is 7.62. The molecule has 1 N–H and O–H groups in total. The zero-order valence-electron chi connectivity index (χ0n) is 19.2. The molecule has 0 unspecified atom stereocenters. The molecule has 1 heterocycles. The average Bonchev–Trinajstić information content (AvgIpc) is 2.79. The van der Waals surface area contributed by atoms with E-state index in [0.29, 0.717) is 43.8 Å². The fourth-order valence-electron chi connectivity index (χ4n) is 3.83. The van der Waals surface area contributed by atoms with Crippen LogP contribution in [0.3, 0.4) is 0 Å². The highest BCUT2D eigenvalue weighted by atomic mass is 32.2. The summed E-state index contributed by atoms with van der Waals surface area (Å²) in [5, 5.41) is 2.87. The van der Waals surface area contributed by atoms with Crippen LogP contribution in [0.25, 0.3) is 0 Å². The van der Waals surface area contributed by atoms with E-state index in [0.717, 1.165) is 24.0 Å². The molecule has 1 amide bonds. The van der Waals surface area contributed by atoms with Gasteiger partial charge < -0.3 is 10.1 Å². The first-order valence-corrected chi connectivity index (χ1v) is 13.0. The molecule has 0 aliphatic carbocycles. The Morgan fingerprint density at radius 1 is 1.09 bits per heavy atom. The molecule has 0 spiro atoms. The number of carbonyl (C=O) groups excluding carboxylic acids is 2. The number of rotatable bonds is 9. The first kappa shape index (κ1) is 24.9. The van der Waals surface area contributed by atoms with Crippen molar-refractivity contribution in [1.29, 1.82) is 0 Å². The second kappa shape index (κ2) is 11.4. The van der Waals surface area contributed by atoms with Gasteiger partial charge in [-0.05, 0) is 56.0 Å². The summed E-state index contributed by atoms with van der Waals surface area (Å²) in [6, 6.07) is 14.1. The van der Waals surface area contributed by atoms with Gasteiger partial charge in [-0.3, -0.25) is 4.79 Å². The third kappa shape index (κ3) is 7.14. The standard InChI is InChI=1S/C25H32N2O5S/c1-3-4-16-32-25(29)22-8-10-23(11-9-22)26-24(28)21-12-14-27(15-13-21)33(30,31)18-20-7-5-6-19(2)17-20/h5-11,17,21H,3-4,12-16,18H2,1-2H3,(H,26,28). The lowest BCUT2D eigenvalue weighted by Gasteiger charge is -2.30. The van der Waals surface area contributed by atoms with E-state index in [1.807, 2.05) is 38.1 Å². The number of hydrogen-bond donors (Lipinski definition) is 1. The molecule has 7 nitrogen and oxygen atoms in total. The zero-order chi connectivity index (χ0) is 23.8. The Morgan fingerprint density at radius 2 is 1.79 bits per heavy atom. The molecule has 0 radical (unpaired) electrons. The number of carbonyl (C=O) groups is 2. The van der Waals surface area contributed by atoms with Gasteiger partial charge in [0.2, 0.25) is 15.9 Å². The highest BCUT2D eigenvalue weighted by Crippen LogP contribution is 2.23. The highest BCUT2D eigenvalue weighted by molar-refractivity contribution is 7.88. The van der Waals surface area contributed by atoms with Gasteiger partial charge in [0.05, 0.1) is 17.9 Å². The van der Waals surface area contributed by atoms with Crippen molar-refractivity contribution in [3.8, 4) is 0 Å². The number of anilines is 1. The number of piperidine rings is 1. The summed E-state index contributed by atoms with van der Waals surface area (Å²) >= 11 is 0. The monoisotopic (exact) mass is 472 g/mol. The molecule has 178 valence electrons. The van der Waals surface area contributed by atoms with E-state index in [1.165, 1.54) is 4.31 Å². The number of nitrogens with zero attached hydrogens (tertiary/aromatic N) is 1. The summed E-state index contributed by atoms with van der Waals surface area (Å²) in [5.74, 6) is -0.794. The lowest BCUT2D eigenvalue weighted by atomic mass is 9.97. The van der Waals surface area contributed by atoms with Crippen molar-refractivity contribution in [2.75, 3.05) is 25.0 Å². The fourth-order valence-corrected chi connectivity index (χ4v) is 5.38. The van der Waals surface area contributed by atoms with Gasteiger partial charge in [-0.25, -0.2) is 17.5 Å². The Labute approximate surface area is 196 Å². The number of unbranched alkanes of at least 4 members (excludes halogenated alkanes) is 1. The molecular formula is C25H32N2O5S. The van der Waals surface area contributed by atoms with E-state index >= 15 is 0 Å². The second-order valence-corrected chi connectivity index (χ2v) is 10.4. The maximum atomic E-state index is 12.8. The third-order valence-electron chi connectivity index (χ3n) is 5.77. The summed E-state index contributed by atoms with van der Waals surface area (Å²) in [4.78, 5) is 24.7. The molecule has 33 heavy (non-hydrogen) atoms. The molecule has 2 aromatic rings.